The molecule has 0 saturated heterocycles. The molecule has 7 nitrogen and oxygen atoms in total. The number of ether oxygens (including phenoxy) is 3. The Morgan fingerprint density at radius 3 is 2.42 bits per heavy atom. The SMILES string of the molecule is COc1cc(/C=C/C(=O)Nc2cccc(-c3cn4cccc(C)c4n3)c2)cc(OC)c1OC. The summed E-state index contributed by atoms with van der Waals surface area (Å²) in [5.41, 5.74) is 5.20. The molecule has 4 rings (SSSR count). The molecule has 0 unspecified atom stereocenters. The van der Waals surface area contributed by atoms with Crippen LogP contribution in [0.1, 0.15) is 11.1 Å². The molecule has 0 aliphatic carbocycles. The highest BCUT2D eigenvalue weighted by atomic mass is 16.5. The first kappa shape index (κ1) is 22.0. The minimum atomic E-state index is -0.258. The molecule has 7 heteroatoms. The first-order valence-corrected chi connectivity index (χ1v) is 10.4. The van der Waals surface area contributed by atoms with Gasteiger partial charge in [-0.3, -0.25) is 4.79 Å². The number of pyridine rings is 1. The van der Waals surface area contributed by atoms with E-state index in [4.69, 9.17) is 19.2 Å². The van der Waals surface area contributed by atoms with Gasteiger partial charge >= 0.3 is 0 Å². The summed E-state index contributed by atoms with van der Waals surface area (Å²) in [6.07, 6.45) is 7.10. The Morgan fingerprint density at radius 1 is 1.00 bits per heavy atom. The number of methoxy groups -OCH3 is 3. The third-order valence-corrected chi connectivity index (χ3v) is 5.22. The number of rotatable bonds is 7. The zero-order valence-corrected chi connectivity index (χ0v) is 19.0. The van der Waals surface area contributed by atoms with E-state index in [1.54, 1.807) is 39.5 Å². The van der Waals surface area contributed by atoms with Gasteiger partial charge in [-0.1, -0.05) is 18.2 Å². The molecule has 168 valence electrons. The minimum absolute atomic E-state index is 0.258. The van der Waals surface area contributed by atoms with E-state index in [-0.39, 0.29) is 5.91 Å². The normalized spacial score (nSPS) is 11.0. The van der Waals surface area contributed by atoms with Crippen molar-refractivity contribution in [3.63, 3.8) is 0 Å². The molecule has 0 fully saturated rings. The minimum Gasteiger partial charge on any atom is -0.493 e. The first-order chi connectivity index (χ1) is 16.0. The lowest BCUT2D eigenvalue weighted by molar-refractivity contribution is -0.111. The Balaban J connectivity index is 1.52. The van der Waals surface area contributed by atoms with Crippen molar-refractivity contribution >= 4 is 23.3 Å². The third-order valence-electron chi connectivity index (χ3n) is 5.22. The van der Waals surface area contributed by atoms with E-state index in [1.807, 2.05) is 60.1 Å². The standard InChI is InChI=1S/C26H25N3O4/c1-17-7-6-12-29-16-21(28-26(17)29)19-8-5-9-20(15-19)27-24(30)11-10-18-13-22(31-2)25(33-4)23(14-18)32-3/h5-16H,1-4H3,(H,27,30)/b11-10+. The lowest BCUT2D eigenvalue weighted by Gasteiger charge is -2.12. The molecule has 2 aromatic carbocycles. The number of fused-ring (bicyclic) bond motifs is 1. The quantitative estimate of drug-likeness (QED) is 0.408. The average molecular weight is 444 g/mol. The summed E-state index contributed by atoms with van der Waals surface area (Å²) in [5.74, 6) is 1.28. The predicted octanol–water partition coefficient (Wildman–Crippen LogP) is 4.99. The number of anilines is 1. The van der Waals surface area contributed by atoms with Crippen molar-refractivity contribution in [2.75, 3.05) is 26.6 Å². The van der Waals surface area contributed by atoms with Gasteiger partial charge in [-0.05, 0) is 54.5 Å². The molecule has 2 heterocycles. The number of hydrogen-bond donors (Lipinski definition) is 1. The number of hydrogen-bond acceptors (Lipinski definition) is 5. The van der Waals surface area contributed by atoms with Crippen molar-refractivity contribution in [3.05, 3.63) is 78.1 Å². The fourth-order valence-corrected chi connectivity index (χ4v) is 3.60. The number of aryl methyl sites for hydroxylation is 1. The van der Waals surface area contributed by atoms with Crippen LogP contribution in [0.15, 0.2) is 67.0 Å². The lowest BCUT2D eigenvalue weighted by Crippen LogP contribution is -2.07. The molecule has 2 aromatic heterocycles. The van der Waals surface area contributed by atoms with Gasteiger partial charge in [0, 0.05) is 29.7 Å². The van der Waals surface area contributed by atoms with Gasteiger partial charge < -0.3 is 23.9 Å². The molecular weight excluding hydrogens is 418 g/mol. The molecule has 0 saturated carbocycles. The largest absolute Gasteiger partial charge is 0.493 e. The topological polar surface area (TPSA) is 74.1 Å². The van der Waals surface area contributed by atoms with Crippen LogP contribution in [0.25, 0.3) is 23.0 Å². The zero-order valence-electron chi connectivity index (χ0n) is 19.0. The van der Waals surface area contributed by atoms with Gasteiger partial charge in [-0.15, -0.1) is 0 Å². The summed E-state index contributed by atoms with van der Waals surface area (Å²) in [4.78, 5) is 17.3. The first-order valence-electron chi connectivity index (χ1n) is 10.4. The Morgan fingerprint density at radius 2 is 1.76 bits per heavy atom. The number of amides is 1. The number of aromatic nitrogens is 2. The average Bonchev–Trinajstić information content (AvgIpc) is 3.28. The van der Waals surface area contributed by atoms with Crippen molar-refractivity contribution in [1.29, 1.82) is 0 Å². The monoisotopic (exact) mass is 443 g/mol. The van der Waals surface area contributed by atoms with Gasteiger partial charge in [0.15, 0.2) is 11.5 Å². The smallest absolute Gasteiger partial charge is 0.248 e. The highest BCUT2D eigenvalue weighted by molar-refractivity contribution is 6.02. The number of carbonyl (C=O) groups is 1. The van der Waals surface area contributed by atoms with E-state index in [1.165, 1.54) is 6.08 Å². The van der Waals surface area contributed by atoms with E-state index < -0.39 is 0 Å². The highest BCUT2D eigenvalue weighted by Crippen LogP contribution is 2.38. The summed E-state index contributed by atoms with van der Waals surface area (Å²) in [6.45, 7) is 2.03. The Labute approximate surface area is 192 Å². The highest BCUT2D eigenvalue weighted by Gasteiger charge is 2.12. The fraction of sp³-hybridized carbons (Fsp3) is 0.154. The van der Waals surface area contributed by atoms with E-state index in [9.17, 15) is 4.79 Å². The van der Waals surface area contributed by atoms with Gasteiger partial charge in [0.25, 0.3) is 0 Å². The van der Waals surface area contributed by atoms with Crippen LogP contribution in [0.2, 0.25) is 0 Å². The van der Waals surface area contributed by atoms with Gasteiger partial charge in [-0.2, -0.15) is 0 Å². The molecule has 0 aliphatic heterocycles. The number of carbonyl (C=O) groups excluding carboxylic acids is 1. The van der Waals surface area contributed by atoms with E-state index in [0.717, 1.165) is 28.0 Å². The van der Waals surface area contributed by atoms with Crippen LogP contribution in [0.4, 0.5) is 5.69 Å². The fourth-order valence-electron chi connectivity index (χ4n) is 3.60. The van der Waals surface area contributed by atoms with Crippen LogP contribution in [-0.4, -0.2) is 36.6 Å². The Bertz CT molecular complexity index is 1320. The molecule has 0 radical (unpaired) electrons. The van der Waals surface area contributed by atoms with Gasteiger partial charge in [0.1, 0.15) is 5.65 Å². The summed E-state index contributed by atoms with van der Waals surface area (Å²) < 4.78 is 18.0. The zero-order chi connectivity index (χ0) is 23.4. The molecule has 4 aromatic rings. The van der Waals surface area contributed by atoms with Crippen LogP contribution < -0.4 is 19.5 Å². The van der Waals surface area contributed by atoms with Crippen LogP contribution in [-0.2, 0) is 4.79 Å². The van der Waals surface area contributed by atoms with Crippen molar-refractivity contribution in [1.82, 2.24) is 9.38 Å². The number of nitrogens with zero attached hydrogens (tertiary/aromatic N) is 2. The Kier molecular flexibility index (Phi) is 6.31. The summed E-state index contributed by atoms with van der Waals surface area (Å²) in [6, 6.07) is 15.2. The van der Waals surface area contributed by atoms with Crippen LogP contribution in [0.3, 0.4) is 0 Å². The number of benzene rings is 2. The molecule has 0 bridgehead atoms. The van der Waals surface area contributed by atoms with Crippen molar-refractivity contribution < 1.29 is 19.0 Å². The van der Waals surface area contributed by atoms with E-state index >= 15 is 0 Å². The molecule has 0 aliphatic rings. The van der Waals surface area contributed by atoms with Gasteiger partial charge in [0.2, 0.25) is 11.7 Å². The van der Waals surface area contributed by atoms with Crippen molar-refractivity contribution in [2.24, 2.45) is 0 Å². The molecule has 0 atom stereocenters. The van der Waals surface area contributed by atoms with Crippen LogP contribution in [0, 0.1) is 6.92 Å². The predicted molar refractivity (Wildman–Crippen MR) is 129 cm³/mol. The summed E-state index contributed by atoms with van der Waals surface area (Å²) >= 11 is 0. The maximum Gasteiger partial charge on any atom is 0.248 e. The number of nitrogens with one attached hydrogen (secondary N) is 1. The third kappa shape index (κ3) is 4.67. The number of imidazole rings is 1. The van der Waals surface area contributed by atoms with Crippen molar-refractivity contribution in [2.45, 2.75) is 6.92 Å². The second-order valence-electron chi connectivity index (χ2n) is 7.41. The van der Waals surface area contributed by atoms with Crippen LogP contribution in [0.5, 0.6) is 17.2 Å². The maximum atomic E-state index is 12.5. The molecule has 0 spiro atoms. The van der Waals surface area contributed by atoms with E-state index in [0.29, 0.717) is 22.9 Å². The molecule has 1 amide bonds. The Hall–Kier alpha value is -4.26. The van der Waals surface area contributed by atoms with Gasteiger partial charge in [-0.25, -0.2) is 4.98 Å². The van der Waals surface area contributed by atoms with Gasteiger partial charge in [0.05, 0.1) is 27.0 Å². The molecule has 33 heavy (non-hydrogen) atoms. The second-order valence-corrected chi connectivity index (χ2v) is 7.41. The summed E-state index contributed by atoms with van der Waals surface area (Å²) in [7, 11) is 4.65. The lowest BCUT2D eigenvalue weighted by atomic mass is 10.1. The maximum absolute atomic E-state index is 12.5. The second kappa shape index (κ2) is 9.48. The molecular formula is C26H25N3O4. The summed E-state index contributed by atoms with van der Waals surface area (Å²) in [5, 5.41) is 2.90. The van der Waals surface area contributed by atoms with E-state index in [2.05, 4.69) is 5.32 Å². The van der Waals surface area contributed by atoms with Crippen molar-refractivity contribution in [3.8, 4) is 28.5 Å². The molecule has 1 N–H and O–H groups in total. The van der Waals surface area contributed by atoms with Crippen LogP contribution >= 0.6 is 0 Å².